The van der Waals surface area contributed by atoms with Crippen LogP contribution >= 0.6 is 11.6 Å². The number of hydrogen-bond acceptors (Lipinski definition) is 2. The van der Waals surface area contributed by atoms with Crippen molar-refractivity contribution in [3.05, 3.63) is 70.9 Å². The molecule has 0 aliphatic rings. The standard InChI is InChI=1S/C22H24ClN3O/c1-3-8-19-21(20(26-25-19)16-11-13-17(23)14-12-16)24-22(27)18(4-2)15-9-6-5-7-10-15/h5-7,9-14,18H,3-4,8H2,1-2H3,(H,24,27)(H,25,26). The van der Waals surface area contributed by atoms with Crippen LogP contribution in [0, 0.1) is 0 Å². The summed E-state index contributed by atoms with van der Waals surface area (Å²) in [7, 11) is 0. The van der Waals surface area contributed by atoms with Crippen molar-refractivity contribution in [2.45, 2.75) is 39.0 Å². The Kier molecular flexibility index (Phi) is 6.30. The van der Waals surface area contributed by atoms with E-state index in [-0.39, 0.29) is 11.8 Å². The lowest BCUT2D eigenvalue weighted by atomic mass is 9.95. The molecule has 140 valence electrons. The number of aromatic nitrogens is 2. The quantitative estimate of drug-likeness (QED) is 0.542. The lowest BCUT2D eigenvalue weighted by Gasteiger charge is -2.16. The molecular formula is C22H24ClN3O. The maximum absolute atomic E-state index is 13.1. The Morgan fingerprint density at radius 3 is 2.44 bits per heavy atom. The molecule has 1 atom stereocenters. The molecule has 0 spiro atoms. The average molecular weight is 382 g/mol. The van der Waals surface area contributed by atoms with Crippen LogP contribution in [0.1, 0.15) is 43.9 Å². The average Bonchev–Trinajstić information content (AvgIpc) is 3.06. The van der Waals surface area contributed by atoms with Crippen LogP contribution in [0.15, 0.2) is 54.6 Å². The molecule has 27 heavy (non-hydrogen) atoms. The van der Waals surface area contributed by atoms with Crippen LogP contribution in [-0.4, -0.2) is 16.1 Å². The molecule has 0 fully saturated rings. The number of nitrogens with zero attached hydrogens (tertiary/aromatic N) is 1. The number of hydrogen-bond donors (Lipinski definition) is 2. The number of aryl methyl sites for hydroxylation is 1. The number of rotatable bonds is 7. The topological polar surface area (TPSA) is 57.8 Å². The summed E-state index contributed by atoms with van der Waals surface area (Å²) < 4.78 is 0. The first kappa shape index (κ1) is 19.2. The van der Waals surface area contributed by atoms with Crippen molar-refractivity contribution in [2.75, 3.05) is 5.32 Å². The number of benzene rings is 2. The Hall–Kier alpha value is -2.59. The normalized spacial score (nSPS) is 12.0. The molecule has 0 aliphatic carbocycles. The van der Waals surface area contributed by atoms with E-state index in [2.05, 4.69) is 22.4 Å². The smallest absolute Gasteiger partial charge is 0.232 e. The summed E-state index contributed by atoms with van der Waals surface area (Å²) in [5.74, 6) is -0.216. The molecule has 0 bridgehead atoms. The second-order valence-corrected chi connectivity index (χ2v) is 6.98. The van der Waals surface area contributed by atoms with Crippen molar-refractivity contribution in [1.29, 1.82) is 0 Å². The molecule has 3 rings (SSSR count). The molecule has 1 aromatic heterocycles. The minimum atomic E-state index is -0.200. The highest BCUT2D eigenvalue weighted by atomic mass is 35.5. The van der Waals surface area contributed by atoms with E-state index >= 15 is 0 Å². The Morgan fingerprint density at radius 2 is 1.81 bits per heavy atom. The molecule has 0 radical (unpaired) electrons. The zero-order chi connectivity index (χ0) is 19.2. The molecule has 1 amide bonds. The molecular weight excluding hydrogens is 358 g/mol. The van der Waals surface area contributed by atoms with Crippen molar-refractivity contribution in [2.24, 2.45) is 0 Å². The minimum Gasteiger partial charge on any atom is -0.322 e. The van der Waals surface area contributed by atoms with E-state index in [0.29, 0.717) is 5.02 Å². The summed E-state index contributed by atoms with van der Waals surface area (Å²) in [6.45, 7) is 4.13. The first-order valence-corrected chi connectivity index (χ1v) is 9.70. The van der Waals surface area contributed by atoms with Crippen LogP contribution in [-0.2, 0) is 11.2 Å². The van der Waals surface area contributed by atoms with E-state index in [4.69, 9.17) is 11.6 Å². The summed E-state index contributed by atoms with van der Waals surface area (Å²) in [6.07, 6.45) is 2.51. The van der Waals surface area contributed by atoms with E-state index in [1.807, 2.05) is 61.5 Å². The maximum atomic E-state index is 13.1. The lowest BCUT2D eigenvalue weighted by Crippen LogP contribution is -2.21. The number of carbonyl (C=O) groups is 1. The van der Waals surface area contributed by atoms with Gasteiger partial charge in [0.2, 0.25) is 5.91 Å². The zero-order valence-electron chi connectivity index (χ0n) is 15.6. The van der Waals surface area contributed by atoms with Gasteiger partial charge < -0.3 is 5.32 Å². The van der Waals surface area contributed by atoms with Crippen LogP contribution in [0.25, 0.3) is 11.3 Å². The third-order valence-corrected chi connectivity index (χ3v) is 4.89. The Morgan fingerprint density at radius 1 is 1.11 bits per heavy atom. The fourth-order valence-electron chi connectivity index (χ4n) is 3.23. The van der Waals surface area contributed by atoms with Crippen LogP contribution in [0.5, 0.6) is 0 Å². The molecule has 0 aliphatic heterocycles. The summed E-state index contributed by atoms with van der Waals surface area (Å²) in [5.41, 5.74) is 4.38. The van der Waals surface area contributed by atoms with Gasteiger partial charge >= 0.3 is 0 Å². The van der Waals surface area contributed by atoms with Crippen LogP contribution in [0.4, 0.5) is 5.69 Å². The van der Waals surface area contributed by atoms with Gasteiger partial charge in [-0.15, -0.1) is 0 Å². The number of halogens is 1. The summed E-state index contributed by atoms with van der Waals surface area (Å²) in [5, 5.41) is 11.4. The third kappa shape index (κ3) is 4.40. The fraction of sp³-hybridized carbons (Fsp3) is 0.273. The van der Waals surface area contributed by atoms with Crippen LogP contribution < -0.4 is 5.32 Å². The molecule has 1 heterocycles. The lowest BCUT2D eigenvalue weighted by molar-refractivity contribution is -0.117. The second-order valence-electron chi connectivity index (χ2n) is 6.54. The van der Waals surface area contributed by atoms with Crippen molar-refractivity contribution >= 4 is 23.2 Å². The highest BCUT2D eigenvalue weighted by Gasteiger charge is 2.23. The maximum Gasteiger partial charge on any atom is 0.232 e. The van der Waals surface area contributed by atoms with E-state index in [0.717, 1.165) is 47.5 Å². The van der Waals surface area contributed by atoms with Crippen molar-refractivity contribution < 1.29 is 4.79 Å². The summed E-state index contributed by atoms with van der Waals surface area (Å²) >= 11 is 6.01. The number of H-pyrrole nitrogens is 1. The molecule has 3 aromatic rings. The Balaban J connectivity index is 1.93. The SMILES string of the molecule is CCCc1[nH]nc(-c2ccc(Cl)cc2)c1NC(=O)C(CC)c1ccccc1. The van der Waals surface area contributed by atoms with Crippen LogP contribution in [0.2, 0.25) is 5.02 Å². The van der Waals surface area contributed by atoms with Gasteiger partial charge in [0.1, 0.15) is 5.69 Å². The fourth-order valence-corrected chi connectivity index (χ4v) is 3.35. The van der Waals surface area contributed by atoms with Gasteiger partial charge in [-0.3, -0.25) is 9.89 Å². The first-order chi connectivity index (χ1) is 13.1. The molecule has 5 heteroatoms. The first-order valence-electron chi connectivity index (χ1n) is 9.33. The molecule has 4 nitrogen and oxygen atoms in total. The summed E-state index contributed by atoms with van der Waals surface area (Å²) in [4.78, 5) is 13.1. The molecule has 1 unspecified atom stereocenters. The van der Waals surface area contributed by atoms with E-state index in [1.165, 1.54) is 0 Å². The highest BCUT2D eigenvalue weighted by Crippen LogP contribution is 2.32. The zero-order valence-corrected chi connectivity index (χ0v) is 16.4. The van der Waals surface area contributed by atoms with Crippen molar-refractivity contribution in [3.63, 3.8) is 0 Å². The Labute approximate surface area is 165 Å². The summed E-state index contributed by atoms with van der Waals surface area (Å²) in [6, 6.07) is 17.4. The number of aromatic amines is 1. The van der Waals surface area contributed by atoms with Gasteiger partial charge in [0.25, 0.3) is 0 Å². The van der Waals surface area contributed by atoms with Gasteiger partial charge in [-0.05, 0) is 30.5 Å². The number of carbonyl (C=O) groups excluding carboxylic acids is 1. The van der Waals surface area contributed by atoms with Gasteiger partial charge in [0.05, 0.1) is 17.3 Å². The molecule has 2 N–H and O–H groups in total. The van der Waals surface area contributed by atoms with Gasteiger partial charge in [0.15, 0.2) is 0 Å². The monoisotopic (exact) mass is 381 g/mol. The number of anilines is 1. The van der Waals surface area contributed by atoms with E-state index in [1.54, 1.807) is 0 Å². The number of nitrogens with one attached hydrogen (secondary N) is 2. The highest BCUT2D eigenvalue weighted by molar-refractivity contribution is 6.30. The largest absolute Gasteiger partial charge is 0.322 e. The third-order valence-electron chi connectivity index (χ3n) is 4.63. The van der Waals surface area contributed by atoms with E-state index < -0.39 is 0 Å². The van der Waals surface area contributed by atoms with E-state index in [9.17, 15) is 4.79 Å². The number of amides is 1. The van der Waals surface area contributed by atoms with Crippen LogP contribution in [0.3, 0.4) is 0 Å². The van der Waals surface area contributed by atoms with Gasteiger partial charge in [-0.25, -0.2) is 0 Å². The molecule has 0 saturated carbocycles. The Bertz CT molecular complexity index is 888. The van der Waals surface area contributed by atoms with Gasteiger partial charge in [0, 0.05) is 10.6 Å². The predicted octanol–water partition coefficient (Wildman–Crippen LogP) is 5.81. The molecule has 0 saturated heterocycles. The predicted molar refractivity (Wildman–Crippen MR) is 111 cm³/mol. The minimum absolute atomic E-state index is 0.0160. The van der Waals surface area contributed by atoms with Gasteiger partial charge in [-0.2, -0.15) is 5.10 Å². The second kappa shape index (κ2) is 8.87. The van der Waals surface area contributed by atoms with Gasteiger partial charge in [-0.1, -0.05) is 74.3 Å². The molecule has 2 aromatic carbocycles. The van der Waals surface area contributed by atoms with Crippen molar-refractivity contribution in [1.82, 2.24) is 10.2 Å². The van der Waals surface area contributed by atoms with Crippen molar-refractivity contribution in [3.8, 4) is 11.3 Å².